The van der Waals surface area contributed by atoms with Crippen LogP contribution in [0.15, 0.2) is 12.1 Å². The number of hydrogen-bond acceptors (Lipinski definition) is 3. The highest BCUT2D eigenvalue weighted by molar-refractivity contribution is 5.79. The smallest absolute Gasteiger partial charge is 0.224 e. The minimum absolute atomic E-state index is 0.0708. The first-order valence-electron chi connectivity index (χ1n) is 8.98. The molecule has 2 fully saturated rings. The van der Waals surface area contributed by atoms with Crippen molar-refractivity contribution in [2.45, 2.75) is 57.2 Å². The van der Waals surface area contributed by atoms with E-state index in [2.05, 4.69) is 10.2 Å². The molecule has 1 unspecified atom stereocenters. The summed E-state index contributed by atoms with van der Waals surface area (Å²) in [6, 6.07) is 2.65. The van der Waals surface area contributed by atoms with Crippen LogP contribution in [0, 0.1) is 18.6 Å². The summed E-state index contributed by atoms with van der Waals surface area (Å²) in [5.41, 5.74) is 0.356. The predicted octanol–water partition coefficient (Wildman–Crippen LogP) is 2.57. The second-order valence-electron chi connectivity index (χ2n) is 7.18. The van der Waals surface area contributed by atoms with Crippen molar-refractivity contribution < 1.29 is 18.3 Å². The van der Waals surface area contributed by atoms with Gasteiger partial charge in [-0.3, -0.25) is 9.69 Å². The second-order valence-corrected chi connectivity index (χ2v) is 7.18. The van der Waals surface area contributed by atoms with Crippen LogP contribution in [0.1, 0.15) is 36.8 Å². The summed E-state index contributed by atoms with van der Waals surface area (Å²) in [7, 11) is 1.73. The van der Waals surface area contributed by atoms with Crippen LogP contribution in [0.4, 0.5) is 8.78 Å². The van der Waals surface area contributed by atoms with Gasteiger partial charge in [-0.2, -0.15) is 0 Å². The van der Waals surface area contributed by atoms with Crippen molar-refractivity contribution in [3.8, 4) is 0 Å². The minimum Gasteiger partial charge on any atom is -0.380 e. The van der Waals surface area contributed by atoms with Gasteiger partial charge >= 0.3 is 0 Å². The summed E-state index contributed by atoms with van der Waals surface area (Å²) in [5.74, 6) is -1.26. The Kier molecular flexibility index (Phi) is 5.69. The first-order chi connectivity index (χ1) is 12.0. The lowest BCUT2D eigenvalue weighted by Crippen LogP contribution is -2.48. The topological polar surface area (TPSA) is 41.6 Å². The fourth-order valence-electron chi connectivity index (χ4n) is 4.05. The summed E-state index contributed by atoms with van der Waals surface area (Å²) < 4.78 is 33.0. The Labute approximate surface area is 147 Å². The summed E-state index contributed by atoms with van der Waals surface area (Å²) in [6.07, 6.45) is 4.19. The molecule has 1 aliphatic heterocycles. The van der Waals surface area contributed by atoms with E-state index in [1.54, 1.807) is 7.11 Å². The lowest BCUT2D eigenvalue weighted by atomic mass is 10.1. The van der Waals surface area contributed by atoms with E-state index in [1.165, 1.54) is 6.92 Å². The number of nitrogens with zero attached hydrogens (tertiary/aromatic N) is 1. The molecule has 3 atom stereocenters. The molecule has 4 nitrogen and oxygen atoms in total. The normalized spacial score (nSPS) is 27.0. The molecule has 1 saturated heterocycles. The fourth-order valence-corrected chi connectivity index (χ4v) is 4.05. The molecule has 1 aromatic carbocycles. The average molecular weight is 352 g/mol. The number of halogens is 2. The van der Waals surface area contributed by atoms with E-state index in [1.807, 2.05) is 0 Å². The zero-order valence-corrected chi connectivity index (χ0v) is 14.9. The molecule has 1 aliphatic carbocycles. The van der Waals surface area contributed by atoms with Gasteiger partial charge in [-0.1, -0.05) is 0 Å². The Balaban J connectivity index is 1.60. The van der Waals surface area contributed by atoms with Crippen LogP contribution in [-0.4, -0.2) is 49.2 Å². The molecule has 25 heavy (non-hydrogen) atoms. The Morgan fingerprint density at radius 3 is 2.80 bits per heavy atom. The van der Waals surface area contributed by atoms with Crippen LogP contribution in [0.3, 0.4) is 0 Å². The van der Waals surface area contributed by atoms with Crippen molar-refractivity contribution in [1.29, 1.82) is 0 Å². The van der Waals surface area contributed by atoms with Gasteiger partial charge in [0.1, 0.15) is 11.6 Å². The third kappa shape index (κ3) is 4.18. The molecule has 1 saturated carbocycles. The van der Waals surface area contributed by atoms with Crippen LogP contribution in [0.5, 0.6) is 0 Å². The van der Waals surface area contributed by atoms with Crippen LogP contribution in [0.25, 0.3) is 0 Å². The van der Waals surface area contributed by atoms with E-state index in [0.717, 1.165) is 50.9 Å². The number of amides is 1. The standard InChI is InChI=1S/C19H26F2N2O2/c1-12-8-16(21)13(9-15(12)20)10-19(24)22-17-4-3-5-18(17)23-7-6-14(11-23)25-2/h8-9,14,17-18H,3-7,10-11H2,1-2H3,(H,22,24)/t14?,17-,18+/m1/s1. The Bertz CT molecular complexity index is 638. The first kappa shape index (κ1) is 18.3. The zero-order valence-electron chi connectivity index (χ0n) is 14.9. The van der Waals surface area contributed by atoms with Crippen molar-refractivity contribution >= 4 is 5.91 Å². The monoisotopic (exact) mass is 352 g/mol. The number of methoxy groups -OCH3 is 1. The quantitative estimate of drug-likeness (QED) is 0.886. The van der Waals surface area contributed by atoms with Gasteiger partial charge in [0.15, 0.2) is 0 Å². The number of benzene rings is 1. The third-order valence-electron chi connectivity index (χ3n) is 5.48. The van der Waals surface area contributed by atoms with Gasteiger partial charge in [0.25, 0.3) is 0 Å². The third-order valence-corrected chi connectivity index (χ3v) is 5.48. The van der Waals surface area contributed by atoms with E-state index < -0.39 is 11.6 Å². The molecule has 3 rings (SSSR count). The van der Waals surface area contributed by atoms with E-state index in [0.29, 0.717) is 6.04 Å². The minimum atomic E-state index is -0.528. The van der Waals surface area contributed by atoms with Gasteiger partial charge in [-0.05, 0) is 50.3 Å². The average Bonchev–Trinajstić information content (AvgIpc) is 3.21. The van der Waals surface area contributed by atoms with Gasteiger partial charge in [-0.15, -0.1) is 0 Å². The van der Waals surface area contributed by atoms with Crippen molar-refractivity contribution in [3.63, 3.8) is 0 Å². The van der Waals surface area contributed by atoms with Gasteiger partial charge in [0.05, 0.1) is 12.5 Å². The molecule has 0 radical (unpaired) electrons. The van der Waals surface area contributed by atoms with Gasteiger partial charge in [0, 0.05) is 37.8 Å². The largest absolute Gasteiger partial charge is 0.380 e. The molecule has 1 aromatic rings. The van der Waals surface area contributed by atoms with E-state index in [9.17, 15) is 13.6 Å². The number of rotatable bonds is 5. The van der Waals surface area contributed by atoms with Crippen LogP contribution >= 0.6 is 0 Å². The number of hydrogen-bond donors (Lipinski definition) is 1. The van der Waals surface area contributed by atoms with E-state index in [4.69, 9.17) is 4.74 Å². The zero-order chi connectivity index (χ0) is 18.0. The highest BCUT2D eigenvalue weighted by Crippen LogP contribution is 2.28. The molecular formula is C19H26F2N2O2. The van der Waals surface area contributed by atoms with Crippen molar-refractivity contribution in [3.05, 3.63) is 34.9 Å². The van der Waals surface area contributed by atoms with Gasteiger partial charge in [0.2, 0.25) is 5.91 Å². The van der Waals surface area contributed by atoms with E-state index in [-0.39, 0.29) is 35.6 Å². The number of carbonyl (C=O) groups excluding carboxylic acids is 1. The van der Waals surface area contributed by atoms with Crippen LogP contribution in [0.2, 0.25) is 0 Å². The summed E-state index contributed by atoms with van der Waals surface area (Å²) >= 11 is 0. The summed E-state index contributed by atoms with van der Waals surface area (Å²) in [4.78, 5) is 14.7. The molecule has 0 aromatic heterocycles. The lowest BCUT2D eigenvalue weighted by Gasteiger charge is -2.30. The number of carbonyl (C=O) groups is 1. The van der Waals surface area contributed by atoms with Gasteiger partial charge < -0.3 is 10.1 Å². The molecule has 2 aliphatic rings. The molecule has 1 heterocycles. The maximum Gasteiger partial charge on any atom is 0.224 e. The summed E-state index contributed by atoms with van der Waals surface area (Å²) in [6.45, 7) is 3.38. The second kappa shape index (κ2) is 7.79. The SMILES string of the molecule is COC1CCN([C@H]2CCC[C@H]2NC(=O)Cc2cc(F)c(C)cc2F)C1. The highest BCUT2D eigenvalue weighted by atomic mass is 19.1. The predicted molar refractivity (Wildman–Crippen MR) is 91.4 cm³/mol. The summed E-state index contributed by atoms with van der Waals surface area (Å²) in [5, 5.41) is 3.04. The molecule has 0 bridgehead atoms. The van der Waals surface area contributed by atoms with Gasteiger partial charge in [-0.25, -0.2) is 8.78 Å². The molecular weight excluding hydrogens is 326 g/mol. The Hall–Kier alpha value is -1.53. The molecule has 1 N–H and O–H groups in total. The number of aryl methyl sites for hydroxylation is 1. The number of likely N-dealkylation sites (tertiary alicyclic amines) is 1. The maximum atomic E-state index is 13.9. The van der Waals surface area contributed by atoms with Crippen molar-refractivity contribution in [2.75, 3.05) is 20.2 Å². The van der Waals surface area contributed by atoms with E-state index >= 15 is 0 Å². The molecule has 1 amide bonds. The maximum absolute atomic E-state index is 13.9. The van der Waals surface area contributed by atoms with Crippen molar-refractivity contribution in [1.82, 2.24) is 10.2 Å². The first-order valence-corrected chi connectivity index (χ1v) is 8.98. The van der Waals surface area contributed by atoms with Crippen LogP contribution in [-0.2, 0) is 16.0 Å². The highest BCUT2D eigenvalue weighted by Gasteiger charge is 2.36. The Morgan fingerprint density at radius 2 is 2.08 bits per heavy atom. The van der Waals surface area contributed by atoms with Crippen LogP contribution < -0.4 is 5.32 Å². The lowest BCUT2D eigenvalue weighted by molar-refractivity contribution is -0.121. The Morgan fingerprint density at radius 1 is 1.28 bits per heavy atom. The number of nitrogens with one attached hydrogen (secondary N) is 1. The molecule has 6 heteroatoms. The number of ether oxygens (including phenoxy) is 1. The fraction of sp³-hybridized carbons (Fsp3) is 0.632. The molecule has 138 valence electrons. The molecule has 0 spiro atoms. The van der Waals surface area contributed by atoms with Crippen molar-refractivity contribution in [2.24, 2.45) is 0 Å².